The van der Waals surface area contributed by atoms with E-state index < -0.39 is 0 Å². The van der Waals surface area contributed by atoms with Crippen LogP contribution in [0.3, 0.4) is 0 Å². The number of pyridine rings is 1. The van der Waals surface area contributed by atoms with Crippen molar-refractivity contribution in [2.75, 3.05) is 26.8 Å². The first kappa shape index (κ1) is 16.6. The Kier molecular flexibility index (Phi) is 8.56. The second-order valence-corrected chi connectivity index (χ2v) is 4.78. The van der Waals surface area contributed by atoms with Crippen LogP contribution in [0, 0.1) is 11.3 Å². The largest absolute Gasteiger partial charge is 0.383 e. The highest BCUT2D eigenvalue weighted by Crippen LogP contribution is 2.13. The highest BCUT2D eigenvalue weighted by molar-refractivity contribution is 5.08. The van der Waals surface area contributed by atoms with Crippen LogP contribution < -0.4 is 5.73 Å². The molecule has 0 aromatic carbocycles. The zero-order chi connectivity index (χ0) is 14.6. The van der Waals surface area contributed by atoms with Gasteiger partial charge in [-0.3, -0.25) is 9.88 Å². The van der Waals surface area contributed by atoms with Crippen LogP contribution in [0.25, 0.3) is 0 Å². The first-order chi connectivity index (χ1) is 9.81. The minimum absolute atomic E-state index is 0.289. The number of nitrogens with zero attached hydrogens (tertiary/aromatic N) is 3. The maximum absolute atomic E-state index is 8.83. The van der Waals surface area contributed by atoms with E-state index in [1.54, 1.807) is 13.3 Å². The van der Waals surface area contributed by atoms with Crippen LogP contribution >= 0.6 is 0 Å². The Morgan fingerprint density at radius 1 is 1.55 bits per heavy atom. The Labute approximate surface area is 121 Å². The van der Waals surface area contributed by atoms with Crippen LogP contribution in [-0.2, 0) is 11.3 Å². The van der Waals surface area contributed by atoms with Gasteiger partial charge in [0, 0.05) is 45.1 Å². The van der Waals surface area contributed by atoms with Crippen molar-refractivity contribution >= 4 is 0 Å². The summed E-state index contributed by atoms with van der Waals surface area (Å²) >= 11 is 0. The van der Waals surface area contributed by atoms with Crippen molar-refractivity contribution in [3.05, 3.63) is 30.1 Å². The monoisotopic (exact) mass is 276 g/mol. The molecule has 5 nitrogen and oxygen atoms in total. The lowest BCUT2D eigenvalue weighted by Crippen LogP contribution is -2.39. The lowest BCUT2D eigenvalue weighted by molar-refractivity contribution is 0.0803. The van der Waals surface area contributed by atoms with E-state index in [1.165, 1.54) is 0 Å². The van der Waals surface area contributed by atoms with Crippen molar-refractivity contribution in [1.82, 2.24) is 9.88 Å². The molecule has 0 radical (unpaired) electrons. The normalized spacial score (nSPS) is 12.3. The lowest BCUT2D eigenvalue weighted by atomic mass is 10.1. The van der Waals surface area contributed by atoms with Crippen LogP contribution in [0.1, 0.15) is 24.8 Å². The third-order valence-electron chi connectivity index (χ3n) is 3.24. The molecule has 0 bridgehead atoms. The molecule has 0 fully saturated rings. The van der Waals surface area contributed by atoms with Gasteiger partial charge in [-0.15, -0.1) is 0 Å². The van der Waals surface area contributed by atoms with Gasteiger partial charge in [-0.2, -0.15) is 5.26 Å². The molecule has 110 valence electrons. The molecule has 0 saturated carbocycles. The van der Waals surface area contributed by atoms with E-state index in [0.29, 0.717) is 19.6 Å². The molecule has 0 saturated heterocycles. The molecule has 20 heavy (non-hydrogen) atoms. The van der Waals surface area contributed by atoms with Crippen molar-refractivity contribution in [1.29, 1.82) is 5.26 Å². The fourth-order valence-electron chi connectivity index (χ4n) is 2.23. The molecule has 1 aromatic heterocycles. The quantitative estimate of drug-likeness (QED) is 0.701. The zero-order valence-corrected chi connectivity index (χ0v) is 12.2. The SMILES string of the molecule is COCC(CCCN)N(CCC#N)Cc1cccnc1. The smallest absolute Gasteiger partial charge is 0.0635 e. The number of nitrogens with two attached hydrogens (primary N) is 1. The van der Waals surface area contributed by atoms with Gasteiger partial charge < -0.3 is 10.5 Å². The first-order valence-corrected chi connectivity index (χ1v) is 7.00. The van der Waals surface area contributed by atoms with Gasteiger partial charge in [0.05, 0.1) is 12.7 Å². The molecule has 5 heteroatoms. The van der Waals surface area contributed by atoms with Gasteiger partial charge in [0.1, 0.15) is 0 Å². The summed E-state index contributed by atoms with van der Waals surface area (Å²) in [6, 6.07) is 6.49. The van der Waals surface area contributed by atoms with Crippen LogP contribution in [0.2, 0.25) is 0 Å². The number of nitriles is 1. The number of hydrogen-bond acceptors (Lipinski definition) is 5. The molecule has 0 spiro atoms. The summed E-state index contributed by atoms with van der Waals surface area (Å²) in [4.78, 5) is 6.43. The topological polar surface area (TPSA) is 75.2 Å². The Bertz CT molecular complexity index is 391. The van der Waals surface area contributed by atoms with Crippen molar-refractivity contribution in [3.8, 4) is 6.07 Å². The molecule has 1 heterocycles. The second-order valence-electron chi connectivity index (χ2n) is 4.78. The van der Waals surface area contributed by atoms with Crippen LogP contribution in [-0.4, -0.2) is 42.7 Å². The average molecular weight is 276 g/mol. The molecule has 0 aliphatic heterocycles. The van der Waals surface area contributed by atoms with Gasteiger partial charge in [-0.1, -0.05) is 6.07 Å². The lowest BCUT2D eigenvalue weighted by Gasteiger charge is -2.30. The number of ether oxygens (including phenoxy) is 1. The Morgan fingerprint density at radius 2 is 2.40 bits per heavy atom. The summed E-state index contributed by atoms with van der Waals surface area (Å²) in [6.07, 6.45) is 6.10. The summed E-state index contributed by atoms with van der Waals surface area (Å²) in [5.41, 5.74) is 6.76. The predicted molar refractivity (Wildman–Crippen MR) is 78.8 cm³/mol. The number of methoxy groups -OCH3 is 1. The third-order valence-corrected chi connectivity index (χ3v) is 3.24. The van der Waals surface area contributed by atoms with Crippen molar-refractivity contribution < 1.29 is 4.74 Å². The Hall–Kier alpha value is -1.48. The average Bonchev–Trinajstić information content (AvgIpc) is 2.49. The van der Waals surface area contributed by atoms with E-state index in [4.69, 9.17) is 15.7 Å². The highest BCUT2D eigenvalue weighted by Gasteiger charge is 2.18. The van der Waals surface area contributed by atoms with Gasteiger partial charge in [0.2, 0.25) is 0 Å². The van der Waals surface area contributed by atoms with Crippen molar-refractivity contribution in [2.24, 2.45) is 5.73 Å². The van der Waals surface area contributed by atoms with E-state index in [9.17, 15) is 0 Å². The fraction of sp³-hybridized carbons (Fsp3) is 0.600. The van der Waals surface area contributed by atoms with Gasteiger partial charge in [0.15, 0.2) is 0 Å². The van der Waals surface area contributed by atoms with E-state index in [1.807, 2.05) is 12.3 Å². The molecule has 0 amide bonds. The number of rotatable bonds is 10. The number of aromatic nitrogens is 1. The number of hydrogen-bond donors (Lipinski definition) is 1. The van der Waals surface area contributed by atoms with Gasteiger partial charge >= 0.3 is 0 Å². The summed E-state index contributed by atoms with van der Waals surface area (Å²) in [6.45, 7) is 2.86. The molecule has 0 aliphatic carbocycles. The molecular weight excluding hydrogens is 252 g/mol. The van der Waals surface area contributed by atoms with E-state index in [2.05, 4.69) is 22.0 Å². The summed E-state index contributed by atoms with van der Waals surface area (Å²) in [5.74, 6) is 0. The molecular formula is C15H24N4O. The van der Waals surface area contributed by atoms with Crippen LogP contribution in [0.5, 0.6) is 0 Å². The molecule has 1 rings (SSSR count). The Balaban J connectivity index is 2.70. The van der Waals surface area contributed by atoms with E-state index in [-0.39, 0.29) is 6.04 Å². The maximum atomic E-state index is 8.83. The standard InChI is InChI=1S/C15H24N4O/c1-20-13-15(6-2-7-16)19(10-4-8-17)12-14-5-3-9-18-11-14/h3,5,9,11,15H,2,4,6-7,10,12-13,16H2,1H3. The minimum atomic E-state index is 0.289. The molecule has 0 aliphatic rings. The van der Waals surface area contributed by atoms with Crippen molar-refractivity contribution in [2.45, 2.75) is 31.8 Å². The van der Waals surface area contributed by atoms with E-state index >= 15 is 0 Å². The minimum Gasteiger partial charge on any atom is -0.383 e. The van der Waals surface area contributed by atoms with Gasteiger partial charge in [-0.25, -0.2) is 0 Å². The van der Waals surface area contributed by atoms with Crippen molar-refractivity contribution in [3.63, 3.8) is 0 Å². The maximum Gasteiger partial charge on any atom is 0.0635 e. The highest BCUT2D eigenvalue weighted by atomic mass is 16.5. The van der Waals surface area contributed by atoms with E-state index in [0.717, 1.165) is 31.5 Å². The predicted octanol–water partition coefficient (Wildman–Crippen LogP) is 1.55. The van der Waals surface area contributed by atoms with Crippen LogP contribution in [0.15, 0.2) is 24.5 Å². The fourth-order valence-corrected chi connectivity index (χ4v) is 2.23. The summed E-state index contributed by atoms with van der Waals surface area (Å²) in [5, 5.41) is 8.83. The molecule has 2 N–H and O–H groups in total. The molecule has 1 aromatic rings. The van der Waals surface area contributed by atoms with Gasteiger partial charge in [-0.05, 0) is 31.0 Å². The summed E-state index contributed by atoms with van der Waals surface area (Å²) in [7, 11) is 1.71. The summed E-state index contributed by atoms with van der Waals surface area (Å²) < 4.78 is 5.32. The zero-order valence-electron chi connectivity index (χ0n) is 12.2. The van der Waals surface area contributed by atoms with Gasteiger partial charge in [0.25, 0.3) is 0 Å². The Morgan fingerprint density at radius 3 is 3.00 bits per heavy atom. The third kappa shape index (κ3) is 6.11. The second kappa shape index (κ2) is 10.3. The molecule has 1 unspecified atom stereocenters. The first-order valence-electron chi connectivity index (χ1n) is 7.00. The molecule has 1 atom stereocenters. The van der Waals surface area contributed by atoms with Crippen LogP contribution in [0.4, 0.5) is 0 Å².